The summed E-state index contributed by atoms with van der Waals surface area (Å²) in [5.74, 6) is -0.576. The molecular weight excluding hydrogens is 285 g/mol. The smallest absolute Gasteiger partial charge is 0.416 e. The van der Waals surface area contributed by atoms with Gasteiger partial charge >= 0.3 is 12.1 Å². The molecule has 0 N–H and O–H groups in total. The summed E-state index contributed by atoms with van der Waals surface area (Å²) >= 11 is 0. The van der Waals surface area contributed by atoms with Crippen LogP contribution in [0.25, 0.3) is 0 Å². The monoisotopic (exact) mass is 294 g/mol. The highest BCUT2D eigenvalue weighted by molar-refractivity contribution is 5.91. The number of benzene rings is 2. The van der Waals surface area contributed by atoms with Gasteiger partial charge in [0, 0.05) is 5.56 Å². The highest BCUT2D eigenvalue weighted by Crippen LogP contribution is 2.29. The molecule has 0 heterocycles. The number of aldehydes is 1. The Morgan fingerprint density at radius 2 is 1.52 bits per heavy atom. The number of carbonyl (C=O) groups is 2. The van der Waals surface area contributed by atoms with Crippen molar-refractivity contribution < 1.29 is 27.5 Å². The van der Waals surface area contributed by atoms with E-state index >= 15 is 0 Å². The Labute approximate surface area is 118 Å². The van der Waals surface area contributed by atoms with Crippen LogP contribution in [0, 0.1) is 0 Å². The van der Waals surface area contributed by atoms with Crippen LogP contribution in [0.4, 0.5) is 13.2 Å². The highest BCUT2D eigenvalue weighted by atomic mass is 19.4. The first kappa shape index (κ1) is 14.8. The molecule has 21 heavy (non-hydrogen) atoms. The van der Waals surface area contributed by atoms with Crippen LogP contribution in [0.2, 0.25) is 0 Å². The molecule has 0 atom stereocenters. The van der Waals surface area contributed by atoms with Gasteiger partial charge in [-0.3, -0.25) is 4.79 Å². The fourth-order valence-corrected chi connectivity index (χ4v) is 1.58. The van der Waals surface area contributed by atoms with Crippen LogP contribution in [0.1, 0.15) is 26.3 Å². The third kappa shape index (κ3) is 3.68. The summed E-state index contributed by atoms with van der Waals surface area (Å²) in [6.07, 6.45) is -3.81. The van der Waals surface area contributed by atoms with Crippen molar-refractivity contribution in [2.24, 2.45) is 0 Å². The molecule has 0 aliphatic heterocycles. The van der Waals surface area contributed by atoms with Gasteiger partial charge in [-0.15, -0.1) is 0 Å². The van der Waals surface area contributed by atoms with Crippen molar-refractivity contribution in [2.75, 3.05) is 0 Å². The van der Waals surface area contributed by atoms with Gasteiger partial charge in [0.25, 0.3) is 0 Å². The van der Waals surface area contributed by atoms with Gasteiger partial charge in [-0.2, -0.15) is 13.2 Å². The number of halogens is 3. The molecule has 0 saturated heterocycles. The predicted molar refractivity (Wildman–Crippen MR) is 68.2 cm³/mol. The Bertz CT molecular complexity index is 643. The number of rotatable bonds is 3. The Kier molecular flexibility index (Phi) is 4.07. The summed E-state index contributed by atoms with van der Waals surface area (Å²) in [5, 5.41) is 0. The van der Waals surface area contributed by atoms with Crippen LogP contribution in [-0.2, 0) is 6.18 Å². The Morgan fingerprint density at radius 3 is 2.00 bits per heavy atom. The first-order valence-electron chi connectivity index (χ1n) is 5.85. The van der Waals surface area contributed by atoms with E-state index in [4.69, 9.17) is 4.74 Å². The van der Waals surface area contributed by atoms with E-state index in [9.17, 15) is 22.8 Å². The maximum absolute atomic E-state index is 12.4. The topological polar surface area (TPSA) is 43.4 Å². The molecule has 0 aliphatic carbocycles. The fourth-order valence-electron chi connectivity index (χ4n) is 1.58. The Balaban J connectivity index is 2.11. The van der Waals surface area contributed by atoms with Crippen molar-refractivity contribution in [3.8, 4) is 5.75 Å². The highest BCUT2D eigenvalue weighted by Gasteiger charge is 2.30. The minimum atomic E-state index is -4.45. The van der Waals surface area contributed by atoms with E-state index in [0.29, 0.717) is 11.8 Å². The summed E-state index contributed by atoms with van der Waals surface area (Å²) in [6, 6.07) is 9.48. The molecule has 6 heteroatoms. The molecule has 2 rings (SSSR count). The second kappa shape index (κ2) is 5.78. The summed E-state index contributed by atoms with van der Waals surface area (Å²) < 4.78 is 42.2. The van der Waals surface area contributed by atoms with Crippen molar-refractivity contribution in [1.82, 2.24) is 0 Å². The third-order valence-corrected chi connectivity index (χ3v) is 2.67. The average Bonchev–Trinajstić information content (AvgIpc) is 2.47. The van der Waals surface area contributed by atoms with Crippen LogP contribution < -0.4 is 4.74 Å². The van der Waals surface area contributed by atoms with E-state index in [-0.39, 0.29) is 11.3 Å². The van der Waals surface area contributed by atoms with Crippen LogP contribution in [0.15, 0.2) is 48.5 Å². The first-order chi connectivity index (χ1) is 9.90. The summed E-state index contributed by atoms with van der Waals surface area (Å²) in [5.41, 5.74) is -0.416. The van der Waals surface area contributed by atoms with Crippen LogP contribution >= 0.6 is 0 Å². The van der Waals surface area contributed by atoms with Gasteiger partial charge in [0.1, 0.15) is 12.0 Å². The largest absolute Gasteiger partial charge is 0.423 e. The molecule has 0 unspecified atom stereocenters. The number of carbonyl (C=O) groups excluding carboxylic acids is 2. The number of ether oxygens (including phenoxy) is 1. The van der Waals surface area contributed by atoms with Crippen LogP contribution in [-0.4, -0.2) is 12.3 Å². The molecule has 2 aromatic carbocycles. The molecule has 0 bridgehead atoms. The third-order valence-electron chi connectivity index (χ3n) is 2.67. The molecule has 0 amide bonds. The van der Waals surface area contributed by atoms with Crippen molar-refractivity contribution in [2.45, 2.75) is 6.18 Å². The van der Waals surface area contributed by atoms with Crippen LogP contribution in [0.3, 0.4) is 0 Å². The number of hydrogen-bond acceptors (Lipinski definition) is 3. The zero-order chi connectivity index (χ0) is 15.5. The van der Waals surface area contributed by atoms with Gasteiger partial charge in [0.15, 0.2) is 0 Å². The quantitative estimate of drug-likeness (QED) is 0.492. The molecular formula is C15H9F3O3. The van der Waals surface area contributed by atoms with Gasteiger partial charge in [0.2, 0.25) is 0 Å². The fraction of sp³-hybridized carbons (Fsp3) is 0.0667. The second-order valence-corrected chi connectivity index (χ2v) is 4.15. The van der Waals surface area contributed by atoms with Gasteiger partial charge in [-0.25, -0.2) is 4.79 Å². The zero-order valence-electron chi connectivity index (χ0n) is 10.6. The molecule has 0 spiro atoms. The number of alkyl halides is 3. The van der Waals surface area contributed by atoms with Crippen molar-refractivity contribution in [3.63, 3.8) is 0 Å². The molecule has 0 saturated carbocycles. The summed E-state index contributed by atoms with van der Waals surface area (Å²) in [7, 11) is 0. The Morgan fingerprint density at radius 1 is 0.952 bits per heavy atom. The van der Waals surface area contributed by atoms with Crippen molar-refractivity contribution >= 4 is 12.3 Å². The van der Waals surface area contributed by atoms with E-state index in [1.165, 1.54) is 24.3 Å². The van der Waals surface area contributed by atoms with E-state index in [0.717, 1.165) is 24.3 Å². The number of esters is 1. The van der Waals surface area contributed by atoms with Gasteiger partial charge in [-0.05, 0) is 48.5 Å². The lowest BCUT2D eigenvalue weighted by atomic mass is 10.1. The van der Waals surface area contributed by atoms with E-state index in [2.05, 4.69) is 0 Å². The maximum Gasteiger partial charge on any atom is 0.416 e. The van der Waals surface area contributed by atoms with Gasteiger partial charge < -0.3 is 4.74 Å². The molecule has 0 aromatic heterocycles. The zero-order valence-corrected chi connectivity index (χ0v) is 10.6. The van der Waals surface area contributed by atoms with E-state index in [1.54, 1.807) is 0 Å². The molecule has 3 nitrogen and oxygen atoms in total. The minimum absolute atomic E-state index is 0.00228. The minimum Gasteiger partial charge on any atom is -0.423 e. The average molecular weight is 294 g/mol. The molecule has 2 aromatic rings. The lowest BCUT2D eigenvalue weighted by molar-refractivity contribution is -0.137. The first-order valence-corrected chi connectivity index (χ1v) is 5.85. The molecule has 0 aliphatic rings. The van der Waals surface area contributed by atoms with Crippen LogP contribution in [0.5, 0.6) is 5.75 Å². The molecule has 108 valence electrons. The lowest BCUT2D eigenvalue weighted by Gasteiger charge is -2.08. The van der Waals surface area contributed by atoms with E-state index < -0.39 is 17.7 Å². The normalized spacial score (nSPS) is 11.0. The van der Waals surface area contributed by atoms with Gasteiger partial charge in [-0.1, -0.05) is 0 Å². The second-order valence-electron chi connectivity index (χ2n) is 4.15. The molecule has 0 radical (unpaired) electrons. The summed E-state index contributed by atoms with van der Waals surface area (Å²) in [4.78, 5) is 22.2. The van der Waals surface area contributed by atoms with Crippen molar-refractivity contribution in [1.29, 1.82) is 0 Å². The van der Waals surface area contributed by atoms with E-state index in [1.807, 2.05) is 0 Å². The summed E-state index contributed by atoms with van der Waals surface area (Å²) in [6.45, 7) is 0. The van der Waals surface area contributed by atoms with Crippen molar-refractivity contribution in [3.05, 3.63) is 65.2 Å². The predicted octanol–water partition coefficient (Wildman–Crippen LogP) is 3.74. The Hall–Kier alpha value is -2.63. The standard InChI is InChI=1S/C15H9F3O3/c16-15(17,18)12-5-3-11(4-6-12)14(20)21-13-7-1-10(9-19)2-8-13/h1-9H. The lowest BCUT2D eigenvalue weighted by Crippen LogP contribution is -2.10. The SMILES string of the molecule is O=Cc1ccc(OC(=O)c2ccc(C(F)(F)F)cc2)cc1. The maximum atomic E-state index is 12.4. The van der Waals surface area contributed by atoms with Gasteiger partial charge in [0.05, 0.1) is 11.1 Å². The number of hydrogen-bond donors (Lipinski definition) is 0. The molecule has 0 fully saturated rings.